The van der Waals surface area contributed by atoms with E-state index in [-0.39, 0.29) is 11.4 Å². The van der Waals surface area contributed by atoms with Gasteiger partial charge in [0.05, 0.1) is 6.61 Å². The average Bonchev–Trinajstić information content (AvgIpc) is 2.75. The molecule has 0 saturated heterocycles. The number of ether oxygens (including phenoxy) is 1. The van der Waals surface area contributed by atoms with Gasteiger partial charge in [-0.05, 0) is 83.1 Å². The Morgan fingerprint density at radius 1 is 1.22 bits per heavy atom. The summed E-state index contributed by atoms with van der Waals surface area (Å²) in [4.78, 5) is 12.6. The van der Waals surface area contributed by atoms with Crippen LogP contribution in [0.5, 0.6) is 5.75 Å². The molecule has 7 heteroatoms. The summed E-state index contributed by atoms with van der Waals surface area (Å²) in [5.41, 5.74) is 2.47. The molecule has 0 aliphatic heterocycles. The standard InChI is InChI=1S/C25H19ClFIN2O2/c1-2-32-24-12-16(11-23(28)21(24)13-17-6-3-4-9-22(17)27)10-18(15-29)25(31)30-20-8-5-7-19(26)14-20/h3-12,14H,2,13H2,1H3,(H,30,31)/b18-10+. The highest BCUT2D eigenvalue weighted by Gasteiger charge is 2.15. The van der Waals surface area contributed by atoms with Crippen molar-refractivity contribution in [3.05, 3.63) is 97.3 Å². The number of rotatable bonds is 7. The second-order valence-corrected chi connectivity index (χ2v) is 8.41. The number of carbonyl (C=O) groups excluding carboxylic acids is 1. The summed E-state index contributed by atoms with van der Waals surface area (Å²) in [6.45, 7) is 2.29. The topological polar surface area (TPSA) is 62.1 Å². The maximum atomic E-state index is 14.2. The van der Waals surface area contributed by atoms with Gasteiger partial charge in [0, 0.05) is 26.3 Å². The van der Waals surface area contributed by atoms with E-state index in [0.717, 1.165) is 9.13 Å². The fraction of sp³-hybridized carbons (Fsp3) is 0.120. The molecule has 0 aliphatic carbocycles. The number of anilines is 1. The number of carbonyl (C=O) groups is 1. The van der Waals surface area contributed by atoms with Crippen LogP contribution in [0.1, 0.15) is 23.6 Å². The van der Waals surface area contributed by atoms with E-state index in [2.05, 4.69) is 27.9 Å². The van der Waals surface area contributed by atoms with Crippen LogP contribution in [-0.2, 0) is 11.2 Å². The van der Waals surface area contributed by atoms with Crippen molar-refractivity contribution in [2.45, 2.75) is 13.3 Å². The molecule has 3 aromatic rings. The number of hydrogen-bond acceptors (Lipinski definition) is 3. The van der Waals surface area contributed by atoms with Crippen molar-refractivity contribution in [3.8, 4) is 11.8 Å². The van der Waals surface area contributed by atoms with E-state index in [1.54, 1.807) is 48.5 Å². The Balaban J connectivity index is 1.92. The number of hydrogen-bond donors (Lipinski definition) is 1. The number of benzene rings is 3. The second-order valence-electron chi connectivity index (χ2n) is 6.81. The van der Waals surface area contributed by atoms with Gasteiger partial charge in [0.25, 0.3) is 5.91 Å². The minimum absolute atomic E-state index is 0.0647. The Bertz CT molecular complexity index is 1220. The van der Waals surface area contributed by atoms with E-state index in [4.69, 9.17) is 16.3 Å². The molecule has 3 rings (SSSR count). The lowest BCUT2D eigenvalue weighted by Gasteiger charge is -2.14. The first-order valence-corrected chi connectivity index (χ1v) is 11.2. The van der Waals surface area contributed by atoms with Gasteiger partial charge in [0.2, 0.25) is 0 Å². The largest absolute Gasteiger partial charge is 0.494 e. The predicted molar refractivity (Wildman–Crippen MR) is 133 cm³/mol. The van der Waals surface area contributed by atoms with Gasteiger partial charge in [-0.1, -0.05) is 35.9 Å². The summed E-state index contributed by atoms with van der Waals surface area (Å²) in [6, 6.07) is 18.8. The minimum Gasteiger partial charge on any atom is -0.494 e. The van der Waals surface area contributed by atoms with E-state index in [1.807, 2.05) is 19.1 Å². The average molecular weight is 561 g/mol. The van der Waals surface area contributed by atoms with Gasteiger partial charge in [-0.15, -0.1) is 0 Å². The number of nitrogens with zero attached hydrogens (tertiary/aromatic N) is 1. The van der Waals surface area contributed by atoms with Crippen molar-refractivity contribution >= 4 is 51.9 Å². The maximum Gasteiger partial charge on any atom is 0.266 e. The van der Waals surface area contributed by atoms with Crippen LogP contribution in [-0.4, -0.2) is 12.5 Å². The third-order valence-electron chi connectivity index (χ3n) is 4.56. The van der Waals surface area contributed by atoms with Gasteiger partial charge in [-0.25, -0.2) is 4.39 Å². The zero-order valence-electron chi connectivity index (χ0n) is 17.2. The van der Waals surface area contributed by atoms with Crippen LogP contribution in [0.2, 0.25) is 5.02 Å². The van der Waals surface area contributed by atoms with Crippen LogP contribution < -0.4 is 10.1 Å². The fourth-order valence-corrected chi connectivity index (χ4v) is 4.09. The molecule has 0 unspecified atom stereocenters. The lowest BCUT2D eigenvalue weighted by atomic mass is 10.0. The Morgan fingerprint density at radius 3 is 2.69 bits per heavy atom. The number of nitrogens with one attached hydrogen (secondary N) is 1. The van der Waals surface area contributed by atoms with Gasteiger partial charge in [-0.3, -0.25) is 4.79 Å². The first-order valence-electron chi connectivity index (χ1n) is 9.78. The van der Waals surface area contributed by atoms with E-state index >= 15 is 0 Å². The number of halogens is 3. The second kappa shape index (κ2) is 11.1. The van der Waals surface area contributed by atoms with E-state index in [9.17, 15) is 14.4 Å². The maximum absolute atomic E-state index is 14.2. The van der Waals surface area contributed by atoms with E-state index in [1.165, 1.54) is 12.1 Å². The molecule has 0 bridgehead atoms. The van der Waals surface area contributed by atoms with Crippen LogP contribution in [0.3, 0.4) is 0 Å². The molecule has 0 aromatic heterocycles. The summed E-state index contributed by atoms with van der Waals surface area (Å²) >= 11 is 8.11. The molecule has 0 aliphatic rings. The smallest absolute Gasteiger partial charge is 0.266 e. The lowest BCUT2D eigenvalue weighted by Crippen LogP contribution is -2.13. The Kier molecular flexibility index (Phi) is 8.26. The monoisotopic (exact) mass is 560 g/mol. The van der Waals surface area contributed by atoms with Crippen molar-refractivity contribution in [2.75, 3.05) is 11.9 Å². The Hall–Kier alpha value is -2.89. The van der Waals surface area contributed by atoms with Crippen molar-refractivity contribution in [3.63, 3.8) is 0 Å². The van der Waals surface area contributed by atoms with Gasteiger partial charge in [0.1, 0.15) is 23.2 Å². The van der Waals surface area contributed by atoms with Crippen molar-refractivity contribution in [1.82, 2.24) is 0 Å². The minimum atomic E-state index is -0.543. The molecule has 0 fully saturated rings. The molecule has 1 N–H and O–H groups in total. The third kappa shape index (κ3) is 6.09. The highest BCUT2D eigenvalue weighted by molar-refractivity contribution is 14.1. The normalized spacial score (nSPS) is 11.0. The zero-order valence-corrected chi connectivity index (χ0v) is 20.1. The molecule has 0 spiro atoms. The molecule has 4 nitrogen and oxygen atoms in total. The Morgan fingerprint density at radius 2 is 2.00 bits per heavy atom. The molecule has 0 atom stereocenters. The van der Waals surface area contributed by atoms with Gasteiger partial charge >= 0.3 is 0 Å². The van der Waals surface area contributed by atoms with Gasteiger partial charge < -0.3 is 10.1 Å². The molecular weight excluding hydrogens is 542 g/mol. The lowest BCUT2D eigenvalue weighted by molar-refractivity contribution is -0.112. The van der Waals surface area contributed by atoms with E-state index < -0.39 is 5.91 Å². The molecule has 0 heterocycles. The molecule has 3 aromatic carbocycles. The van der Waals surface area contributed by atoms with Gasteiger partial charge in [0.15, 0.2) is 0 Å². The highest BCUT2D eigenvalue weighted by atomic mass is 127. The van der Waals surface area contributed by atoms with Crippen molar-refractivity contribution in [2.24, 2.45) is 0 Å². The van der Waals surface area contributed by atoms with Crippen molar-refractivity contribution < 1.29 is 13.9 Å². The molecule has 162 valence electrons. The van der Waals surface area contributed by atoms with Crippen LogP contribution in [0, 0.1) is 20.7 Å². The van der Waals surface area contributed by atoms with Crippen LogP contribution in [0.25, 0.3) is 6.08 Å². The molecule has 32 heavy (non-hydrogen) atoms. The fourth-order valence-electron chi connectivity index (χ4n) is 3.08. The molecule has 0 radical (unpaired) electrons. The summed E-state index contributed by atoms with van der Waals surface area (Å²) in [7, 11) is 0. The highest BCUT2D eigenvalue weighted by Crippen LogP contribution is 2.30. The van der Waals surface area contributed by atoms with Crippen LogP contribution in [0.15, 0.2) is 66.2 Å². The van der Waals surface area contributed by atoms with Crippen LogP contribution in [0.4, 0.5) is 10.1 Å². The number of nitriles is 1. The molecule has 0 saturated carbocycles. The van der Waals surface area contributed by atoms with Crippen LogP contribution >= 0.6 is 34.2 Å². The summed E-state index contributed by atoms with van der Waals surface area (Å²) in [6.07, 6.45) is 1.86. The predicted octanol–water partition coefficient (Wildman–Crippen LogP) is 6.62. The summed E-state index contributed by atoms with van der Waals surface area (Å²) in [5, 5.41) is 12.7. The van der Waals surface area contributed by atoms with Crippen molar-refractivity contribution in [1.29, 1.82) is 5.26 Å². The first kappa shape index (κ1) is 23.8. The SMILES string of the molecule is CCOc1cc(/C=C(\C#N)C(=O)Nc2cccc(Cl)c2)cc(I)c1Cc1ccccc1F. The quantitative estimate of drug-likeness (QED) is 0.201. The summed E-state index contributed by atoms with van der Waals surface area (Å²) < 4.78 is 20.8. The first-order chi connectivity index (χ1) is 15.4. The Labute approximate surface area is 204 Å². The number of amides is 1. The zero-order chi connectivity index (χ0) is 23.1. The summed E-state index contributed by atoms with van der Waals surface area (Å²) in [5.74, 6) is -0.237. The molecule has 1 amide bonds. The molecular formula is C25H19ClFIN2O2. The van der Waals surface area contributed by atoms with E-state index in [0.29, 0.717) is 40.6 Å². The van der Waals surface area contributed by atoms with Gasteiger partial charge in [-0.2, -0.15) is 5.26 Å². The third-order valence-corrected chi connectivity index (χ3v) is 5.76.